The molecule has 0 aliphatic carbocycles. The minimum Gasteiger partial charge on any atom is -0.482 e. The molecule has 1 aliphatic rings. The number of halogens is 1. The van der Waals surface area contributed by atoms with Gasteiger partial charge in [-0.2, -0.15) is 0 Å². The fourth-order valence-corrected chi connectivity index (χ4v) is 2.33. The van der Waals surface area contributed by atoms with Gasteiger partial charge in [0.25, 0.3) is 0 Å². The molecule has 1 fully saturated rings. The summed E-state index contributed by atoms with van der Waals surface area (Å²) >= 11 is 0. The van der Waals surface area contributed by atoms with Crippen LogP contribution in [0.25, 0.3) is 0 Å². The van der Waals surface area contributed by atoms with Crippen molar-refractivity contribution in [2.45, 2.75) is 31.8 Å². The first-order valence-electron chi connectivity index (χ1n) is 7.48. The molecule has 0 saturated carbocycles. The van der Waals surface area contributed by atoms with Crippen LogP contribution in [-0.2, 0) is 20.9 Å². The number of ether oxygens (including phenoxy) is 2. The van der Waals surface area contributed by atoms with E-state index in [2.05, 4.69) is 15.4 Å². The first-order valence-corrected chi connectivity index (χ1v) is 7.48. The zero-order valence-corrected chi connectivity index (χ0v) is 14.0. The number of amides is 1. The molecular formula is C16H23ClN2O4. The Hall–Kier alpha value is -1.79. The molecule has 2 rings (SSSR count). The molecule has 0 aromatic heterocycles. The minimum absolute atomic E-state index is 0. The van der Waals surface area contributed by atoms with Crippen LogP contribution in [0, 0.1) is 0 Å². The van der Waals surface area contributed by atoms with Crippen LogP contribution in [0.3, 0.4) is 0 Å². The lowest BCUT2D eigenvalue weighted by Crippen LogP contribution is -2.46. The Labute approximate surface area is 142 Å². The highest BCUT2D eigenvalue weighted by molar-refractivity contribution is 5.85. The molecule has 1 aromatic carbocycles. The maximum atomic E-state index is 12.0. The van der Waals surface area contributed by atoms with Crippen LogP contribution in [0.1, 0.15) is 24.8 Å². The monoisotopic (exact) mass is 342 g/mol. The fraction of sp³-hybridized carbons (Fsp3) is 0.500. The maximum Gasteiger partial charge on any atom is 0.343 e. The average molecular weight is 343 g/mol. The van der Waals surface area contributed by atoms with Gasteiger partial charge in [0.1, 0.15) is 5.75 Å². The summed E-state index contributed by atoms with van der Waals surface area (Å²) in [5, 5.41) is 6.14. The second-order valence-corrected chi connectivity index (χ2v) is 5.23. The van der Waals surface area contributed by atoms with Gasteiger partial charge in [0, 0.05) is 6.54 Å². The summed E-state index contributed by atoms with van der Waals surface area (Å²) in [6.45, 7) is 1.21. The van der Waals surface area contributed by atoms with Crippen LogP contribution in [0.15, 0.2) is 24.3 Å². The largest absolute Gasteiger partial charge is 0.482 e. The van der Waals surface area contributed by atoms with E-state index in [1.807, 2.05) is 12.1 Å². The van der Waals surface area contributed by atoms with E-state index in [9.17, 15) is 9.59 Å². The van der Waals surface area contributed by atoms with E-state index < -0.39 is 5.97 Å². The Morgan fingerprint density at radius 1 is 1.35 bits per heavy atom. The molecule has 1 atom stereocenters. The Kier molecular flexibility index (Phi) is 8.43. The van der Waals surface area contributed by atoms with Gasteiger partial charge in [-0.1, -0.05) is 18.6 Å². The van der Waals surface area contributed by atoms with E-state index in [-0.39, 0.29) is 31.0 Å². The van der Waals surface area contributed by atoms with Crippen LogP contribution in [0.4, 0.5) is 0 Å². The molecule has 0 radical (unpaired) electrons. The average Bonchev–Trinajstić information content (AvgIpc) is 2.58. The molecule has 1 amide bonds. The molecule has 1 saturated heterocycles. The van der Waals surface area contributed by atoms with Gasteiger partial charge in [-0.05, 0) is 37.1 Å². The third-order valence-corrected chi connectivity index (χ3v) is 3.58. The van der Waals surface area contributed by atoms with Crippen molar-refractivity contribution in [3.05, 3.63) is 29.8 Å². The molecular weight excluding hydrogens is 320 g/mol. The van der Waals surface area contributed by atoms with E-state index in [0.717, 1.165) is 31.4 Å². The quantitative estimate of drug-likeness (QED) is 0.765. The highest BCUT2D eigenvalue weighted by atomic mass is 35.5. The molecule has 0 bridgehead atoms. The first kappa shape index (κ1) is 19.3. The Balaban J connectivity index is 0.00000264. The molecule has 1 heterocycles. The number of methoxy groups -OCH3 is 1. The molecule has 1 aliphatic heterocycles. The molecule has 0 spiro atoms. The Morgan fingerprint density at radius 3 is 2.87 bits per heavy atom. The van der Waals surface area contributed by atoms with E-state index in [4.69, 9.17) is 4.74 Å². The zero-order chi connectivity index (χ0) is 15.8. The van der Waals surface area contributed by atoms with Crippen molar-refractivity contribution >= 4 is 24.3 Å². The second-order valence-electron chi connectivity index (χ2n) is 5.23. The third kappa shape index (κ3) is 6.46. The summed E-state index contributed by atoms with van der Waals surface area (Å²) in [6.07, 6.45) is 3.10. The topological polar surface area (TPSA) is 76.7 Å². The molecule has 128 valence electrons. The number of carbonyl (C=O) groups excluding carboxylic acids is 2. The highest BCUT2D eigenvalue weighted by Gasteiger charge is 2.19. The summed E-state index contributed by atoms with van der Waals surface area (Å²) in [7, 11) is 1.32. The van der Waals surface area contributed by atoms with Gasteiger partial charge in [0.05, 0.1) is 13.2 Å². The van der Waals surface area contributed by atoms with Crippen LogP contribution in [0.5, 0.6) is 5.75 Å². The van der Waals surface area contributed by atoms with Gasteiger partial charge in [-0.25, -0.2) is 4.79 Å². The Bertz CT molecular complexity index is 519. The van der Waals surface area contributed by atoms with E-state index in [1.165, 1.54) is 7.11 Å². The lowest BCUT2D eigenvalue weighted by atomic mass is 10.0. The normalized spacial score (nSPS) is 16.8. The lowest BCUT2D eigenvalue weighted by Gasteiger charge is -2.22. The Morgan fingerprint density at radius 2 is 2.17 bits per heavy atom. The van der Waals surface area contributed by atoms with Crippen LogP contribution in [0.2, 0.25) is 0 Å². The van der Waals surface area contributed by atoms with Gasteiger partial charge < -0.3 is 20.1 Å². The smallest absolute Gasteiger partial charge is 0.343 e. The zero-order valence-electron chi connectivity index (χ0n) is 13.2. The maximum absolute atomic E-state index is 12.0. The fourth-order valence-electron chi connectivity index (χ4n) is 2.33. The summed E-state index contributed by atoms with van der Waals surface area (Å²) in [5.41, 5.74) is 0.923. The lowest BCUT2D eigenvalue weighted by molar-refractivity contribution is -0.142. The molecule has 7 heteroatoms. The molecule has 1 aromatic rings. The predicted molar refractivity (Wildman–Crippen MR) is 88.7 cm³/mol. The number of hydrogen-bond acceptors (Lipinski definition) is 5. The van der Waals surface area contributed by atoms with Crippen LogP contribution >= 0.6 is 12.4 Å². The minimum atomic E-state index is -0.429. The van der Waals surface area contributed by atoms with Crippen molar-refractivity contribution in [2.75, 3.05) is 20.3 Å². The predicted octanol–water partition coefficient (Wildman–Crippen LogP) is 1.42. The molecule has 2 N–H and O–H groups in total. The molecule has 6 nitrogen and oxygen atoms in total. The summed E-state index contributed by atoms with van der Waals surface area (Å²) in [6, 6.07) is 7.20. The third-order valence-electron chi connectivity index (χ3n) is 3.58. The van der Waals surface area contributed by atoms with Crippen molar-refractivity contribution < 1.29 is 19.1 Å². The number of hydrogen-bond donors (Lipinski definition) is 2. The van der Waals surface area contributed by atoms with Crippen molar-refractivity contribution in [1.82, 2.24) is 10.6 Å². The summed E-state index contributed by atoms with van der Waals surface area (Å²) in [5.74, 6) is 0.176. The van der Waals surface area contributed by atoms with Crippen LogP contribution < -0.4 is 15.4 Å². The van der Waals surface area contributed by atoms with Crippen LogP contribution in [-0.4, -0.2) is 38.2 Å². The number of piperidine rings is 1. The van der Waals surface area contributed by atoms with Crippen molar-refractivity contribution in [1.29, 1.82) is 0 Å². The summed E-state index contributed by atoms with van der Waals surface area (Å²) in [4.78, 5) is 23.1. The SMILES string of the molecule is COC(=O)COc1cccc(CNC(=O)C2CCCCN2)c1.Cl. The number of rotatable bonds is 6. The van der Waals surface area contributed by atoms with E-state index in [0.29, 0.717) is 12.3 Å². The van der Waals surface area contributed by atoms with Crippen molar-refractivity contribution in [2.24, 2.45) is 0 Å². The first-order chi connectivity index (χ1) is 10.7. The van der Waals surface area contributed by atoms with Crippen molar-refractivity contribution in [3.8, 4) is 5.75 Å². The number of esters is 1. The molecule has 23 heavy (non-hydrogen) atoms. The van der Waals surface area contributed by atoms with Gasteiger partial charge in [-0.3, -0.25) is 4.79 Å². The van der Waals surface area contributed by atoms with Crippen molar-refractivity contribution in [3.63, 3.8) is 0 Å². The molecule has 1 unspecified atom stereocenters. The summed E-state index contributed by atoms with van der Waals surface area (Å²) < 4.78 is 9.84. The van der Waals surface area contributed by atoms with Gasteiger partial charge >= 0.3 is 5.97 Å². The van der Waals surface area contributed by atoms with Gasteiger partial charge in [-0.15, -0.1) is 12.4 Å². The highest BCUT2D eigenvalue weighted by Crippen LogP contribution is 2.13. The standard InChI is InChI=1S/C16H22N2O4.ClH/c1-21-15(19)11-22-13-6-4-5-12(9-13)10-18-16(20)14-7-2-3-8-17-14;/h4-6,9,14,17H,2-3,7-8,10-11H2,1H3,(H,18,20);1H. The number of carbonyl (C=O) groups is 2. The van der Waals surface area contributed by atoms with Gasteiger partial charge in [0.2, 0.25) is 5.91 Å². The second kappa shape index (κ2) is 10.1. The number of nitrogens with one attached hydrogen (secondary N) is 2. The number of benzene rings is 1. The van der Waals surface area contributed by atoms with Gasteiger partial charge in [0.15, 0.2) is 6.61 Å². The van der Waals surface area contributed by atoms with E-state index >= 15 is 0 Å². The van der Waals surface area contributed by atoms with E-state index in [1.54, 1.807) is 12.1 Å².